The molecule has 5 heteroatoms. The molecule has 0 fully saturated rings. The van der Waals surface area contributed by atoms with E-state index >= 15 is 0 Å². The lowest BCUT2D eigenvalue weighted by Crippen LogP contribution is -1.89. The second kappa shape index (κ2) is 2.58. The van der Waals surface area contributed by atoms with Crippen LogP contribution in [0.4, 0.5) is 0 Å². The molecule has 5 nitrogen and oxygen atoms in total. The van der Waals surface area contributed by atoms with Crippen LogP contribution in [0, 0.1) is 22.8 Å². The number of hydrogen-bond donors (Lipinski definition) is 0. The summed E-state index contributed by atoms with van der Waals surface area (Å²) in [7, 11) is 0. The number of rotatable bonds is 0. The molecule has 1 aromatic heterocycles. The Bertz CT molecular complexity index is 540. The van der Waals surface area contributed by atoms with Gasteiger partial charge in [-0.1, -0.05) is 5.21 Å². The van der Waals surface area contributed by atoms with Gasteiger partial charge in [0.05, 0.1) is 11.6 Å². The smallest absolute Gasteiger partial charge is 0.192 e. The second-order valence-corrected chi connectivity index (χ2v) is 2.42. The summed E-state index contributed by atoms with van der Waals surface area (Å²) in [6, 6.07) is 6.85. The summed E-state index contributed by atoms with van der Waals surface area (Å²) in [5, 5.41) is 24.5. The van der Waals surface area contributed by atoms with Gasteiger partial charge in [0, 0.05) is 0 Å². The van der Waals surface area contributed by atoms with Crippen molar-refractivity contribution in [1.29, 1.82) is 10.5 Å². The predicted octanol–water partition coefficient (Wildman–Crippen LogP) is 0.632. The van der Waals surface area contributed by atoms with E-state index in [0.29, 0.717) is 16.6 Å². The highest BCUT2D eigenvalue weighted by Gasteiger charge is 2.03. The Labute approximate surface area is 73.4 Å². The quantitative estimate of drug-likeness (QED) is 0.579. The molecular formula is C8H3N5. The van der Waals surface area contributed by atoms with Gasteiger partial charge in [-0.05, 0) is 18.2 Å². The minimum absolute atomic E-state index is 0.512. The zero-order valence-electron chi connectivity index (χ0n) is 6.47. The molecule has 0 amide bonds. The molecule has 1 heterocycles. The van der Waals surface area contributed by atoms with Gasteiger partial charge in [-0.2, -0.15) is 10.5 Å². The molecule has 0 aliphatic carbocycles. The van der Waals surface area contributed by atoms with E-state index in [-0.39, 0.29) is 0 Å². The van der Waals surface area contributed by atoms with Gasteiger partial charge in [0.25, 0.3) is 0 Å². The molecular weight excluding hydrogens is 166 g/mol. The van der Waals surface area contributed by atoms with Crippen molar-refractivity contribution >= 4 is 11.0 Å². The first-order valence-corrected chi connectivity index (χ1v) is 3.51. The van der Waals surface area contributed by atoms with Crippen LogP contribution in [0.5, 0.6) is 0 Å². The maximum Gasteiger partial charge on any atom is 0.208 e. The van der Waals surface area contributed by atoms with Gasteiger partial charge in [0.1, 0.15) is 11.0 Å². The van der Waals surface area contributed by atoms with Crippen LogP contribution >= 0.6 is 0 Å². The summed E-state index contributed by atoms with van der Waals surface area (Å²) in [5.74, 6) is 0. The maximum atomic E-state index is 8.60. The van der Waals surface area contributed by atoms with Gasteiger partial charge in [-0.15, -0.1) is 9.78 Å². The Morgan fingerprint density at radius 2 is 2.15 bits per heavy atom. The van der Waals surface area contributed by atoms with Gasteiger partial charge in [0.15, 0.2) is 0 Å². The molecule has 0 atom stereocenters. The zero-order valence-corrected chi connectivity index (χ0v) is 6.47. The highest BCUT2D eigenvalue weighted by atomic mass is 15.4. The lowest BCUT2D eigenvalue weighted by molar-refractivity contribution is 0.836. The fourth-order valence-corrected chi connectivity index (χ4v) is 1.07. The fraction of sp³-hybridized carbons (Fsp3) is 0. The minimum Gasteiger partial charge on any atom is -0.192 e. The highest BCUT2D eigenvalue weighted by molar-refractivity contribution is 5.76. The van der Waals surface area contributed by atoms with E-state index in [1.165, 1.54) is 0 Å². The van der Waals surface area contributed by atoms with E-state index in [1.54, 1.807) is 18.2 Å². The van der Waals surface area contributed by atoms with Crippen molar-refractivity contribution in [1.82, 2.24) is 15.0 Å². The molecule has 0 aliphatic heterocycles. The van der Waals surface area contributed by atoms with Gasteiger partial charge in [-0.3, -0.25) is 0 Å². The average Bonchev–Trinajstić information content (AvgIpc) is 2.59. The van der Waals surface area contributed by atoms with Crippen molar-refractivity contribution in [3.05, 3.63) is 23.8 Å². The van der Waals surface area contributed by atoms with E-state index in [2.05, 4.69) is 10.3 Å². The Hall–Kier alpha value is -2.40. The van der Waals surface area contributed by atoms with Crippen LogP contribution in [0.2, 0.25) is 0 Å². The summed E-state index contributed by atoms with van der Waals surface area (Å²) in [4.78, 5) is 0. The third-order valence-corrected chi connectivity index (χ3v) is 1.67. The molecule has 0 N–H and O–H groups in total. The first-order chi connectivity index (χ1) is 6.35. The monoisotopic (exact) mass is 169 g/mol. The number of benzene rings is 1. The molecule has 0 spiro atoms. The molecule has 0 saturated carbocycles. The van der Waals surface area contributed by atoms with Crippen LogP contribution in [0.15, 0.2) is 18.2 Å². The molecule has 0 saturated heterocycles. The average molecular weight is 169 g/mol. The lowest BCUT2D eigenvalue weighted by atomic mass is 10.2. The Morgan fingerprint density at radius 3 is 2.85 bits per heavy atom. The Balaban J connectivity index is 2.79. The predicted molar refractivity (Wildman–Crippen MR) is 43.3 cm³/mol. The Kier molecular flexibility index (Phi) is 1.44. The number of nitrogens with zero attached hydrogens (tertiary/aromatic N) is 5. The van der Waals surface area contributed by atoms with Crippen molar-refractivity contribution in [2.75, 3.05) is 0 Å². The number of fused-ring (bicyclic) bond motifs is 1. The summed E-state index contributed by atoms with van der Waals surface area (Å²) in [6.45, 7) is 0. The van der Waals surface area contributed by atoms with Crippen molar-refractivity contribution < 1.29 is 0 Å². The van der Waals surface area contributed by atoms with Crippen LogP contribution in [0.3, 0.4) is 0 Å². The van der Waals surface area contributed by atoms with Crippen LogP contribution in [-0.4, -0.2) is 15.0 Å². The van der Waals surface area contributed by atoms with Crippen molar-refractivity contribution in [3.8, 4) is 12.3 Å². The molecule has 0 radical (unpaired) electrons. The standard InChI is InChI=1S/C8H3N5/c9-4-6-1-2-8-7(3-6)11-12-13(8)5-10/h1-3H. The first-order valence-electron chi connectivity index (χ1n) is 3.51. The van der Waals surface area contributed by atoms with E-state index in [0.717, 1.165) is 4.68 Å². The van der Waals surface area contributed by atoms with Crippen LogP contribution in [0.25, 0.3) is 11.0 Å². The summed E-state index contributed by atoms with van der Waals surface area (Å²) < 4.78 is 1.11. The van der Waals surface area contributed by atoms with Gasteiger partial charge < -0.3 is 0 Å². The van der Waals surface area contributed by atoms with E-state index in [4.69, 9.17) is 10.5 Å². The lowest BCUT2D eigenvalue weighted by Gasteiger charge is -1.88. The highest BCUT2D eigenvalue weighted by Crippen LogP contribution is 2.11. The zero-order chi connectivity index (χ0) is 9.26. The van der Waals surface area contributed by atoms with Crippen LogP contribution in [-0.2, 0) is 0 Å². The van der Waals surface area contributed by atoms with E-state index in [9.17, 15) is 0 Å². The summed E-state index contributed by atoms with van der Waals surface area (Å²) >= 11 is 0. The van der Waals surface area contributed by atoms with E-state index < -0.39 is 0 Å². The second-order valence-electron chi connectivity index (χ2n) is 2.42. The normalized spacial score (nSPS) is 9.38. The van der Waals surface area contributed by atoms with Gasteiger partial charge >= 0.3 is 0 Å². The van der Waals surface area contributed by atoms with Crippen molar-refractivity contribution in [3.63, 3.8) is 0 Å². The minimum atomic E-state index is 0.512. The van der Waals surface area contributed by atoms with E-state index in [1.807, 2.05) is 12.3 Å². The molecule has 0 unspecified atom stereocenters. The molecule has 13 heavy (non-hydrogen) atoms. The number of nitriles is 2. The summed E-state index contributed by atoms with van der Waals surface area (Å²) in [6.07, 6.45) is 1.85. The van der Waals surface area contributed by atoms with Gasteiger partial charge in [-0.25, -0.2) is 0 Å². The summed E-state index contributed by atoms with van der Waals surface area (Å²) in [5.41, 5.74) is 1.68. The number of aromatic nitrogens is 3. The molecule has 60 valence electrons. The molecule has 2 aromatic rings. The SMILES string of the molecule is N#Cc1ccc2c(c1)nnn2C#N. The fourth-order valence-electron chi connectivity index (χ4n) is 1.07. The third kappa shape index (κ3) is 0.996. The topological polar surface area (TPSA) is 78.3 Å². The van der Waals surface area contributed by atoms with Crippen molar-refractivity contribution in [2.45, 2.75) is 0 Å². The molecule has 0 bridgehead atoms. The molecule has 0 aliphatic rings. The van der Waals surface area contributed by atoms with Crippen LogP contribution in [0.1, 0.15) is 5.56 Å². The largest absolute Gasteiger partial charge is 0.208 e. The maximum absolute atomic E-state index is 8.60. The van der Waals surface area contributed by atoms with Gasteiger partial charge in [0.2, 0.25) is 6.19 Å². The van der Waals surface area contributed by atoms with Crippen LogP contribution < -0.4 is 0 Å². The van der Waals surface area contributed by atoms with Crippen molar-refractivity contribution in [2.24, 2.45) is 0 Å². The molecule has 1 aromatic carbocycles. The third-order valence-electron chi connectivity index (χ3n) is 1.67. The molecule has 2 rings (SSSR count). The first kappa shape index (κ1) is 7.26. The Morgan fingerprint density at radius 1 is 1.31 bits per heavy atom. The number of hydrogen-bond acceptors (Lipinski definition) is 4.